The molecule has 21 heavy (non-hydrogen) atoms. The van der Waals surface area contributed by atoms with Gasteiger partial charge >= 0.3 is 0 Å². The lowest BCUT2D eigenvalue weighted by atomic mass is 9.99. The monoisotopic (exact) mass is 313 g/mol. The molecule has 1 aromatic carbocycles. The van der Waals surface area contributed by atoms with Gasteiger partial charge in [-0.1, -0.05) is 18.0 Å². The topological polar surface area (TPSA) is 58.4 Å². The highest BCUT2D eigenvalue weighted by Crippen LogP contribution is 2.21. The van der Waals surface area contributed by atoms with Crippen molar-refractivity contribution in [2.24, 2.45) is 5.73 Å². The molecule has 1 atom stereocenters. The molecule has 1 aliphatic heterocycles. The Kier molecular flexibility index (Phi) is 5.96. The minimum absolute atomic E-state index is 0.164. The Morgan fingerprint density at radius 2 is 2.29 bits per heavy atom. The maximum absolute atomic E-state index is 13.7. The number of halogens is 2. The van der Waals surface area contributed by atoms with E-state index in [2.05, 4.69) is 10.2 Å². The summed E-state index contributed by atoms with van der Waals surface area (Å²) >= 11 is 5.69. The first kappa shape index (κ1) is 16.2. The summed E-state index contributed by atoms with van der Waals surface area (Å²) in [6, 6.07) is 4.57. The highest BCUT2D eigenvalue weighted by Gasteiger charge is 2.23. The van der Waals surface area contributed by atoms with E-state index in [0.717, 1.165) is 25.8 Å². The molecule has 0 aliphatic carbocycles. The van der Waals surface area contributed by atoms with Crippen LogP contribution in [0.4, 0.5) is 10.1 Å². The van der Waals surface area contributed by atoms with Gasteiger partial charge in [0.05, 0.1) is 12.2 Å². The highest BCUT2D eigenvalue weighted by atomic mass is 35.5. The second kappa shape index (κ2) is 7.73. The van der Waals surface area contributed by atoms with E-state index in [0.29, 0.717) is 17.6 Å². The molecule has 1 heterocycles. The van der Waals surface area contributed by atoms with Gasteiger partial charge in [0.1, 0.15) is 5.82 Å². The molecule has 1 saturated heterocycles. The number of carbonyl (C=O) groups is 1. The quantitative estimate of drug-likeness (QED) is 0.878. The molecule has 0 bridgehead atoms. The number of hydrogen-bond donors (Lipinski definition) is 2. The zero-order chi connectivity index (χ0) is 15.2. The third-order valence-corrected chi connectivity index (χ3v) is 4.04. The molecule has 116 valence electrons. The van der Waals surface area contributed by atoms with Crippen LogP contribution in [0.15, 0.2) is 18.2 Å². The summed E-state index contributed by atoms with van der Waals surface area (Å²) in [6.45, 7) is 1.78. The van der Waals surface area contributed by atoms with E-state index in [1.807, 2.05) is 0 Å². The van der Waals surface area contributed by atoms with Crippen LogP contribution < -0.4 is 11.1 Å². The average molecular weight is 314 g/mol. The Bertz CT molecular complexity index is 496. The van der Waals surface area contributed by atoms with Gasteiger partial charge in [0.25, 0.3) is 0 Å². The van der Waals surface area contributed by atoms with Crippen LogP contribution in [0.3, 0.4) is 0 Å². The lowest BCUT2D eigenvalue weighted by Crippen LogP contribution is -2.44. The smallest absolute Gasteiger partial charge is 0.238 e. The number of likely N-dealkylation sites (tertiary alicyclic amines) is 1. The Balaban J connectivity index is 1.93. The molecule has 4 nitrogen and oxygen atoms in total. The SMILES string of the molecule is NCCC1CCCCN1CC(=O)Nc1ccc(Cl)cc1F. The van der Waals surface area contributed by atoms with E-state index in [4.69, 9.17) is 17.3 Å². The number of piperidine rings is 1. The molecule has 2 rings (SSSR count). The predicted octanol–water partition coefficient (Wildman–Crippen LogP) is 2.62. The maximum atomic E-state index is 13.7. The standard InChI is InChI=1S/C15H21ClFN3O/c16-11-4-5-14(13(17)9-11)19-15(21)10-20-8-2-1-3-12(20)6-7-18/h4-5,9,12H,1-3,6-8,10,18H2,(H,19,21). The van der Waals surface area contributed by atoms with Crippen molar-refractivity contribution in [3.05, 3.63) is 29.0 Å². The largest absolute Gasteiger partial charge is 0.330 e. The van der Waals surface area contributed by atoms with Gasteiger partial charge in [-0.05, 0) is 50.6 Å². The lowest BCUT2D eigenvalue weighted by molar-refractivity contribution is -0.118. The fourth-order valence-corrected chi connectivity index (χ4v) is 2.91. The van der Waals surface area contributed by atoms with E-state index in [1.54, 1.807) is 6.07 Å². The van der Waals surface area contributed by atoms with Crippen LogP contribution in [-0.2, 0) is 4.79 Å². The Hall–Kier alpha value is -1.17. The van der Waals surface area contributed by atoms with Crippen molar-refractivity contribution in [1.29, 1.82) is 0 Å². The molecule has 1 unspecified atom stereocenters. The number of anilines is 1. The lowest BCUT2D eigenvalue weighted by Gasteiger charge is -2.35. The fourth-order valence-electron chi connectivity index (χ4n) is 2.75. The molecular weight excluding hydrogens is 293 g/mol. The second-order valence-electron chi connectivity index (χ2n) is 5.37. The van der Waals surface area contributed by atoms with Crippen molar-refractivity contribution in [3.63, 3.8) is 0 Å². The minimum atomic E-state index is -0.520. The van der Waals surface area contributed by atoms with E-state index in [9.17, 15) is 9.18 Å². The zero-order valence-corrected chi connectivity index (χ0v) is 12.7. The van der Waals surface area contributed by atoms with Crippen molar-refractivity contribution in [2.45, 2.75) is 31.7 Å². The second-order valence-corrected chi connectivity index (χ2v) is 5.81. The Morgan fingerprint density at radius 1 is 1.48 bits per heavy atom. The van der Waals surface area contributed by atoms with Crippen molar-refractivity contribution in [3.8, 4) is 0 Å². The van der Waals surface area contributed by atoms with E-state index in [1.165, 1.54) is 18.6 Å². The number of hydrogen-bond acceptors (Lipinski definition) is 3. The molecule has 1 fully saturated rings. The Labute approximate surface area is 129 Å². The van der Waals surface area contributed by atoms with Crippen molar-refractivity contribution in [1.82, 2.24) is 4.90 Å². The minimum Gasteiger partial charge on any atom is -0.330 e. The molecule has 0 radical (unpaired) electrons. The summed E-state index contributed by atoms with van der Waals surface area (Å²) in [4.78, 5) is 14.2. The fraction of sp³-hybridized carbons (Fsp3) is 0.533. The van der Waals surface area contributed by atoms with Gasteiger partial charge in [-0.2, -0.15) is 0 Å². The van der Waals surface area contributed by atoms with Gasteiger partial charge in [0.2, 0.25) is 5.91 Å². The summed E-state index contributed by atoms with van der Waals surface area (Å²) in [7, 11) is 0. The number of benzene rings is 1. The summed E-state index contributed by atoms with van der Waals surface area (Å²) in [5.74, 6) is -0.729. The third-order valence-electron chi connectivity index (χ3n) is 3.80. The predicted molar refractivity (Wildman–Crippen MR) is 82.9 cm³/mol. The van der Waals surface area contributed by atoms with Crippen molar-refractivity contribution in [2.75, 3.05) is 25.0 Å². The van der Waals surface area contributed by atoms with Crippen molar-refractivity contribution >= 4 is 23.2 Å². The third kappa shape index (κ3) is 4.66. The normalized spacial score (nSPS) is 19.5. The first-order valence-electron chi connectivity index (χ1n) is 7.29. The van der Waals surface area contributed by atoms with Crippen LogP contribution in [0.25, 0.3) is 0 Å². The van der Waals surface area contributed by atoms with Crippen LogP contribution in [-0.4, -0.2) is 36.5 Å². The summed E-state index contributed by atoms with van der Waals surface area (Å²) in [5, 5.41) is 2.91. The molecule has 0 spiro atoms. The van der Waals surface area contributed by atoms with Crippen molar-refractivity contribution < 1.29 is 9.18 Å². The van der Waals surface area contributed by atoms with Crippen LogP contribution >= 0.6 is 11.6 Å². The number of nitrogens with two attached hydrogens (primary N) is 1. The summed E-state index contributed by atoms with van der Waals surface area (Å²) in [6.07, 6.45) is 4.22. The van der Waals surface area contributed by atoms with Crippen LogP contribution in [0, 0.1) is 5.82 Å². The number of carbonyl (C=O) groups excluding carboxylic acids is 1. The van der Waals surface area contributed by atoms with Crippen LogP contribution in [0.2, 0.25) is 5.02 Å². The van der Waals surface area contributed by atoms with Gasteiger partial charge < -0.3 is 11.1 Å². The molecule has 0 aromatic heterocycles. The maximum Gasteiger partial charge on any atom is 0.238 e. The molecule has 1 aromatic rings. The Morgan fingerprint density at radius 3 is 3.00 bits per heavy atom. The number of nitrogens with one attached hydrogen (secondary N) is 1. The summed E-state index contributed by atoms with van der Waals surface area (Å²) < 4.78 is 13.7. The first-order valence-corrected chi connectivity index (χ1v) is 7.67. The first-order chi connectivity index (χ1) is 10.1. The summed E-state index contributed by atoms with van der Waals surface area (Å²) in [5.41, 5.74) is 5.78. The molecular formula is C15H21ClFN3O. The highest BCUT2D eigenvalue weighted by molar-refractivity contribution is 6.30. The molecule has 3 N–H and O–H groups in total. The van der Waals surface area contributed by atoms with Crippen LogP contribution in [0.5, 0.6) is 0 Å². The van der Waals surface area contributed by atoms with Gasteiger partial charge in [-0.3, -0.25) is 9.69 Å². The van der Waals surface area contributed by atoms with Gasteiger partial charge in [-0.15, -0.1) is 0 Å². The number of amides is 1. The molecule has 1 aliphatic rings. The average Bonchev–Trinajstić information content (AvgIpc) is 2.44. The van der Waals surface area contributed by atoms with Gasteiger partial charge in [-0.25, -0.2) is 4.39 Å². The van der Waals surface area contributed by atoms with Gasteiger partial charge in [0.15, 0.2) is 0 Å². The zero-order valence-electron chi connectivity index (χ0n) is 11.9. The van der Waals surface area contributed by atoms with E-state index < -0.39 is 5.82 Å². The molecule has 1 amide bonds. The van der Waals surface area contributed by atoms with Crippen LogP contribution in [0.1, 0.15) is 25.7 Å². The van der Waals surface area contributed by atoms with E-state index >= 15 is 0 Å². The number of nitrogens with zero attached hydrogens (tertiary/aromatic N) is 1. The molecule has 6 heteroatoms. The number of rotatable bonds is 5. The van der Waals surface area contributed by atoms with E-state index in [-0.39, 0.29) is 18.1 Å². The molecule has 0 saturated carbocycles. The van der Waals surface area contributed by atoms with Gasteiger partial charge in [0, 0.05) is 11.1 Å².